The van der Waals surface area contributed by atoms with Crippen LogP contribution in [0.15, 0.2) is 53.5 Å². The van der Waals surface area contributed by atoms with E-state index in [0.29, 0.717) is 10.9 Å². The minimum atomic E-state index is -0.815. The molecule has 0 aliphatic carbocycles. The zero-order valence-corrected chi connectivity index (χ0v) is 17.3. The number of fused-ring (bicyclic) bond motifs is 1. The molecule has 0 radical (unpaired) electrons. The van der Waals surface area contributed by atoms with E-state index >= 15 is 0 Å². The van der Waals surface area contributed by atoms with Crippen molar-refractivity contribution < 1.29 is 23.9 Å². The monoisotopic (exact) mass is 406 g/mol. The van der Waals surface area contributed by atoms with Crippen molar-refractivity contribution in [3.8, 4) is 0 Å². The van der Waals surface area contributed by atoms with Crippen LogP contribution in [0.1, 0.15) is 42.4 Å². The Balaban J connectivity index is 2.15. The van der Waals surface area contributed by atoms with Crippen molar-refractivity contribution in [2.24, 2.45) is 4.99 Å². The van der Waals surface area contributed by atoms with Gasteiger partial charge in [-0.3, -0.25) is 0 Å². The molecule has 30 heavy (non-hydrogen) atoms. The SMILES string of the molecule is Cc1ccc2c(c1)c(N=C=O)c(C(=O)OC(C)(C)C)n2C(=O)OCc1ccccc1. The van der Waals surface area contributed by atoms with Crippen LogP contribution in [0, 0.1) is 6.92 Å². The van der Waals surface area contributed by atoms with Crippen molar-refractivity contribution in [3.63, 3.8) is 0 Å². The highest BCUT2D eigenvalue weighted by Crippen LogP contribution is 2.35. The minimum Gasteiger partial charge on any atom is -0.455 e. The molecule has 0 unspecified atom stereocenters. The molecule has 0 saturated heterocycles. The van der Waals surface area contributed by atoms with E-state index in [1.807, 2.05) is 37.3 Å². The van der Waals surface area contributed by atoms with Gasteiger partial charge in [-0.15, -0.1) is 0 Å². The Hall–Kier alpha value is -3.70. The Kier molecular flexibility index (Phi) is 5.85. The zero-order valence-electron chi connectivity index (χ0n) is 17.3. The van der Waals surface area contributed by atoms with E-state index in [-0.39, 0.29) is 18.0 Å². The molecule has 0 amide bonds. The molecule has 0 aliphatic heterocycles. The standard InChI is InChI=1S/C23H22N2O5/c1-15-10-11-18-17(12-15)19(24-14-26)20(21(27)30-23(2,3)4)25(18)22(28)29-13-16-8-6-5-7-9-16/h5-12H,13H2,1-4H3. The Morgan fingerprint density at radius 2 is 1.80 bits per heavy atom. The van der Waals surface area contributed by atoms with E-state index in [1.54, 1.807) is 39.0 Å². The number of hydrogen-bond donors (Lipinski definition) is 0. The van der Waals surface area contributed by atoms with Crippen LogP contribution in [0.5, 0.6) is 0 Å². The minimum absolute atomic E-state index is 0.0191. The summed E-state index contributed by atoms with van der Waals surface area (Å²) in [5, 5.41) is 0.455. The zero-order chi connectivity index (χ0) is 21.9. The number of aliphatic imine (C=N–C) groups is 1. The number of carbonyl (C=O) groups excluding carboxylic acids is 3. The molecule has 0 saturated carbocycles. The maximum Gasteiger partial charge on any atom is 0.419 e. The number of carbonyl (C=O) groups is 2. The third-order valence-electron chi connectivity index (χ3n) is 4.23. The second-order valence-electron chi connectivity index (χ2n) is 7.80. The largest absolute Gasteiger partial charge is 0.455 e. The number of isocyanates is 1. The summed E-state index contributed by atoms with van der Waals surface area (Å²) in [6.07, 6.45) is 0.689. The molecule has 1 heterocycles. The smallest absolute Gasteiger partial charge is 0.419 e. The topological polar surface area (TPSA) is 87.0 Å². The summed E-state index contributed by atoms with van der Waals surface area (Å²) in [6.45, 7) is 6.99. The Bertz CT molecular complexity index is 1150. The normalized spacial score (nSPS) is 11.1. The molecule has 3 rings (SSSR count). The van der Waals surface area contributed by atoms with Crippen molar-refractivity contribution in [3.05, 3.63) is 65.4 Å². The molecule has 0 aliphatic rings. The second-order valence-corrected chi connectivity index (χ2v) is 7.80. The number of aryl methyl sites for hydroxylation is 1. The van der Waals surface area contributed by atoms with Crippen LogP contribution in [-0.2, 0) is 20.9 Å². The van der Waals surface area contributed by atoms with Crippen molar-refractivity contribution in [1.82, 2.24) is 4.57 Å². The van der Waals surface area contributed by atoms with Gasteiger partial charge in [0.15, 0.2) is 5.69 Å². The van der Waals surface area contributed by atoms with Crippen LogP contribution in [0.25, 0.3) is 10.9 Å². The molecule has 0 fully saturated rings. The van der Waals surface area contributed by atoms with Gasteiger partial charge in [-0.05, 0) is 45.4 Å². The van der Waals surface area contributed by atoms with Gasteiger partial charge >= 0.3 is 12.1 Å². The fourth-order valence-corrected chi connectivity index (χ4v) is 3.04. The molecule has 154 valence electrons. The molecule has 2 aromatic carbocycles. The molecule has 0 bridgehead atoms. The van der Waals surface area contributed by atoms with Crippen LogP contribution >= 0.6 is 0 Å². The van der Waals surface area contributed by atoms with Crippen LogP contribution in [-0.4, -0.2) is 28.3 Å². The van der Waals surface area contributed by atoms with E-state index in [9.17, 15) is 14.4 Å². The predicted molar refractivity (Wildman–Crippen MR) is 112 cm³/mol. The first-order valence-corrected chi connectivity index (χ1v) is 9.38. The van der Waals surface area contributed by atoms with E-state index in [2.05, 4.69) is 4.99 Å². The average Bonchev–Trinajstić information content (AvgIpc) is 3.00. The number of hydrogen-bond acceptors (Lipinski definition) is 6. The fraction of sp³-hybridized carbons (Fsp3) is 0.261. The number of nitrogens with zero attached hydrogens (tertiary/aromatic N) is 2. The third kappa shape index (κ3) is 4.47. The summed E-state index contributed by atoms with van der Waals surface area (Å²) >= 11 is 0. The highest BCUT2D eigenvalue weighted by Gasteiger charge is 2.31. The van der Waals surface area contributed by atoms with E-state index in [0.717, 1.165) is 15.7 Å². The Morgan fingerprint density at radius 1 is 1.10 bits per heavy atom. The van der Waals surface area contributed by atoms with Crippen molar-refractivity contribution in [2.45, 2.75) is 39.9 Å². The lowest BCUT2D eigenvalue weighted by atomic mass is 10.1. The van der Waals surface area contributed by atoms with Crippen LogP contribution in [0.4, 0.5) is 10.5 Å². The lowest BCUT2D eigenvalue weighted by Gasteiger charge is -2.20. The summed E-state index contributed by atoms with van der Waals surface area (Å²) in [5.74, 6) is -0.790. The first-order chi connectivity index (χ1) is 14.2. The van der Waals surface area contributed by atoms with Gasteiger partial charge in [0.1, 0.15) is 17.9 Å². The van der Waals surface area contributed by atoms with E-state index in [1.165, 1.54) is 6.08 Å². The maximum absolute atomic E-state index is 13.0. The molecule has 7 heteroatoms. The van der Waals surface area contributed by atoms with E-state index in [4.69, 9.17) is 9.47 Å². The molecule has 0 N–H and O–H groups in total. The average molecular weight is 406 g/mol. The van der Waals surface area contributed by atoms with Gasteiger partial charge in [0.05, 0.1) is 5.52 Å². The van der Waals surface area contributed by atoms with Crippen molar-refractivity contribution in [2.75, 3.05) is 0 Å². The van der Waals surface area contributed by atoms with Crippen LogP contribution < -0.4 is 0 Å². The van der Waals surface area contributed by atoms with Crippen LogP contribution in [0.3, 0.4) is 0 Å². The van der Waals surface area contributed by atoms with Gasteiger partial charge in [-0.1, -0.05) is 42.0 Å². The van der Waals surface area contributed by atoms with Gasteiger partial charge in [-0.2, -0.15) is 4.99 Å². The number of benzene rings is 2. The highest BCUT2D eigenvalue weighted by atomic mass is 16.6. The van der Waals surface area contributed by atoms with Gasteiger partial charge in [0.2, 0.25) is 6.08 Å². The summed E-state index contributed by atoms with van der Waals surface area (Å²) in [4.78, 5) is 40.8. The van der Waals surface area contributed by atoms with Crippen LogP contribution in [0.2, 0.25) is 0 Å². The Labute approximate surface area is 173 Å². The first kappa shape index (κ1) is 21.0. The summed E-state index contributed by atoms with van der Waals surface area (Å²) in [5.41, 5.74) is 1.08. The molecule has 3 aromatic rings. The predicted octanol–water partition coefficient (Wildman–Crippen LogP) is 5.06. The Morgan fingerprint density at radius 3 is 2.43 bits per heavy atom. The van der Waals surface area contributed by atoms with Gasteiger partial charge in [0.25, 0.3) is 0 Å². The molecule has 0 atom stereocenters. The first-order valence-electron chi connectivity index (χ1n) is 9.38. The summed E-state index contributed by atoms with van der Waals surface area (Å²) in [6, 6.07) is 14.4. The van der Waals surface area contributed by atoms with Gasteiger partial charge < -0.3 is 9.47 Å². The number of rotatable bonds is 4. The second kappa shape index (κ2) is 8.35. The number of aromatic nitrogens is 1. The molecular weight excluding hydrogens is 384 g/mol. The lowest BCUT2D eigenvalue weighted by Crippen LogP contribution is -2.27. The molecular formula is C23H22N2O5. The van der Waals surface area contributed by atoms with E-state index < -0.39 is 17.7 Å². The summed E-state index contributed by atoms with van der Waals surface area (Å²) in [7, 11) is 0. The molecule has 7 nitrogen and oxygen atoms in total. The molecule has 0 spiro atoms. The number of esters is 1. The lowest BCUT2D eigenvalue weighted by molar-refractivity contribution is 0.00584. The van der Waals surface area contributed by atoms with Crippen molar-refractivity contribution in [1.29, 1.82) is 0 Å². The van der Waals surface area contributed by atoms with Gasteiger partial charge in [-0.25, -0.2) is 19.0 Å². The number of ether oxygens (including phenoxy) is 2. The van der Waals surface area contributed by atoms with Crippen molar-refractivity contribution >= 4 is 34.7 Å². The fourth-order valence-electron chi connectivity index (χ4n) is 3.04. The summed E-state index contributed by atoms with van der Waals surface area (Å²) < 4.78 is 12.0. The quantitative estimate of drug-likeness (QED) is 0.343. The third-order valence-corrected chi connectivity index (χ3v) is 4.23. The maximum atomic E-state index is 13.0. The molecule has 1 aromatic heterocycles. The van der Waals surface area contributed by atoms with Gasteiger partial charge in [0, 0.05) is 5.39 Å². The highest BCUT2D eigenvalue weighted by molar-refractivity contribution is 6.10.